The van der Waals surface area contributed by atoms with E-state index in [2.05, 4.69) is 57.0 Å². The molecule has 1 unspecified atom stereocenters. The van der Waals surface area contributed by atoms with Crippen LogP contribution in [0.1, 0.15) is 12.0 Å². The molecule has 0 radical (unpaired) electrons. The molecule has 28 heavy (non-hydrogen) atoms. The van der Waals surface area contributed by atoms with Gasteiger partial charge in [0, 0.05) is 37.6 Å². The number of aliphatic imine (C=N–C) groups is 1. The number of amides is 1. The van der Waals surface area contributed by atoms with Crippen LogP contribution in [0.5, 0.6) is 0 Å². The van der Waals surface area contributed by atoms with Crippen molar-refractivity contribution in [3.05, 3.63) is 60.2 Å². The highest BCUT2D eigenvalue weighted by atomic mass is 127. The van der Waals surface area contributed by atoms with Gasteiger partial charge in [-0.25, -0.2) is 0 Å². The molecule has 1 fully saturated rings. The van der Waals surface area contributed by atoms with E-state index >= 15 is 0 Å². The Balaban J connectivity index is 0.00000280. The van der Waals surface area contributed by atoms with Gasteiger partial charge in [-0.2, -0.15) is 0 Å². The van der Waals surface area contributed by atoms with Gasteiger partial charge in [-0.3, -0.25) is 9.79 Å². The van der Waals surface area contributed by atoms with Crippen LogP contribution in [-0.2, 0) is 4.79 Å². The Morgan fingerprint density at radius 2 is 1.86 bits per heavy atom. The lowest BCUT2D eigenvalue weighted by atomic mass is 10.2. The molecule has 1 heterocycles. The predicted molar refractivity (Wildman–Crippen MR) is 127 cm³/mol. The van der Waals surface area contributed by atoms with Gasteiger partial charge in [-0.05, 0) is 37.6 Å². The smallest absolute Gasteiger partial charge is 0.243 e. The van der Waals surface area contributed by atoms with Gasteiger partial charge in [0.05, 0.1) is 6.54 Å². The molecule has 150 valence electrons. The summed E-state index contributed by atoms with van der Waals surface area (Å²) in [4.78, 5) is 18.7. The van der Waals surface area contributed by atoms with Crippen molar-refractivity contribution in [1.29, 1.82) is 0 Å². The fourth-order valence-electron chi connectivity index (χ4n) is 3.15. The first-order chi connectivity index (χ1) is 13.1. The van der Waals surface area contributed by atoms with E-state index < -0.39 is 0 Å². The molecule has 0 spiro atoms. The Morgan fingerprint density at radius 3 is 2.54 bits per heavy atom. The van der Waals surface area contributed by atoms with Crippen molar-refractivity contribution < 1.29 is 4.79 Å². The van der Waals surface area contributed by atoms with Crippen LogP contribution >= 0.6 is 24.0 Å². The zero-order valence-corrected chi connectivity index (χ0v) is 18.6. The predicted octanol–water partition coefficient (Wildman–Crippen LogP) is 3.00. The Labute approximate surface area is 183 Å². The van der Waals surface area contributed by atoms with Gasteiger partial charge < -0.3 is 20.9 Å². The van der Waals surface area contributed by atoms with Crippen molar-refractivity contribution in [1.82, 2.24) is 10.6 Å². The summed E-state index contributed by atoms with van der Waals surface area (Å²) in [6.07, 6.45) is 1.03. The van der Waals surface area contributed by atoms with Gasteiger partial charge in [0.2, 0.25) is 5.91 Å². The molecule has 2 aromatic carbocycles. The molecule has 3 N–H and O–H groups in total. The molecule has 0 saturated carbocycles. The molecule has 0 aliphatic carbocycles. The van der Waals surface area contributed by atoms with E-state index in [9.17, 15) is 4.79 Å². The molecule has 7 heteroatoms. The Kier molecular flexibility index (Phi) is 8.56. The Bertz CT molecular complexity index is 779. The lowest BCUT2D eigenvalue weighted by molar-refractivity contribution is -0.115. The van der Waals surface area contributed by atoms with Gasteiger partial charge >= 0.3 is 0 Å². The van der Waals surface area contributed by atoms with Crippen molar-refractivity contribution in [2.24, 2.45) is 4.99 Å². The van der Waals surface area contributed by atoms with Gasteiger partial charge in [-0.15, -0.1) is 24.0 Å². The summed E-state index contributed by atoms with van der Waals surface area (Å²) in [5, 5.41) is 9.36. The largest absolute Gasteiger partial charge is 0.369 e. The summed E-state index contributed by atoms with van der Waals surface area (Å²) in [5.74, 6) is 0.547. The number of nitrogens with one attached hydrogen (secondary N) is 3. The zero-order chi connectivity index (χ0) is 19.1. The third-order valence-corrected chi connectivity index (χ3v) is 4.63. The monoisotopic (exact) mass is 493 g/mol. The molecular formula is C21H28IN5O. The molecule has 1 aliphatic heterocycles. The molecule has 1 atom stereocenters. The molecular weight excluding hydrogens is 465 g/mol. The average molecular weight is 493 g/mol. The SMILES string of the molecule is CN=C(NCC(=O)Nc1ccccc1)NC1CCN(c2ccc(C)cc2)C1.I. The number of benzene rings is 2. The number of anilines is 2. The second kappa shape index (κ2) is 10.9. The minimum absolute atomic E-state index is 0. The van der Waals surface area contributed by atoms with Gasteiger partial charge in [0.25, 0.3) is 0 Å². The number of hydrogen-bond acceptors (Lipinski definition) is 3. The maximum atomic E-state index is 12.1. The molecule has 0 bridgehead atoms. The molecule has 1 saturated heterocycles. The third kappa shape index (κ3) is 6.40. The summed E-state index contributed by atoms with van der Waals surface area (Å²) in [7, 11) is 1.72. The fraction of sp³-hybridized carbons (Fsp3) is 0.333. The standard InChI is InChI=1S/C21H27N5O.HI/c1-16-8-10-19(11-9-16)26-13-12-18(15-26)25-21(22-2)23-14-20(27)24-17-6-4-3-5-7-17;/h3-11,18H,12-15H2,1-2H3,(H,24,27)(H2,22,23,25);1H. The molecule has 6 nitrogen and oxygen atoms in total. The highest BCUT2D eigenvalue weighted by Gasteiger charge is 2.23. The highest BCUT2D eigenvalue weighted by molar-refractivity contribution is 14.0. The van der Waals surface area contributed by atoms with Crippen LogP contribution in [0.4, 0.5) is 11.4 Å². The number of nitrogens with zero attached hydrogens (tertiary/aromatic N) is 2. The summed E-state index contributed by atoms with van der Waals surface area (Å²) in [6, 6.07) is 18.3. The fourth-order valence-corrected chi connectivity index (χ4v) is 3.15. The summed E-state index contributed by atoms with van der Waals surface area (Å²) < 4.78 is 0. The quantitative estimate of drug-likeness (QED) is 0.341. The summed E-state index contributed by atoms with van der Waals surface area (Å²) >= 11 is 0. The van der Waals surface area contributed by atoms with Gasteiger partial charge in [-0.1, -0.05) is 35.9 Å². The zero-order valence-electron chi connectivity index (χ0n) is 16.3. The summed E-state index contributed by atoms with van der Waals surface area (Å²) in [6.45, 7) is 4.19. The maximum absolute atomic E-state index is 12.1. The maximum Gasteiger partial charge on any atom is 0.243 e. The average Bonchev–Trinajstić information content (AvgIpc) is 3.15. The van der Waals surface area contributed by atoms with Crippen LogP contribution in [0, 0.1) is 6.92 Å². The third-order valence-electron chi connectivity index (χ3n) is 4.63. The van der Waals surface area contributed by atoms with E-state index in [1.54, 1.807) is 7.05 Å². The number of carbonyl (C=O) groups excluding carboxylic acids is 1. The van der Waals surface area contributed by atoms with Gasteiger partial charge in [0.1, 0.15) is 0 Å². The molecule has 1 aliphatic rings. The van der Waals surface area contributed by atoms with Crippen LogP contribution in [0.25, 0.3) is 0 Å². The number of carbonyl (C=O) groups is 1. The van der Waals surface area contributed by atoms with Crippen molar-refractivity contribution in [2.75, 3.05) is 36.9 Å². The highest BCUT2D eigenvalue weighted by Crippen LogP contribution is 2.20. The molecule has 3 rings (SSSR count). The van der Waals surface area contributed by atoms with Gasteiger partial charge in [0.15, 0.2) is 5.96 Å². The molecule has 0 aromatic heterocycles. The van der Waals surface area contributed by atoms with Crippen molar-refractivity contribution >= 4 is 47.2 Å². The van der Waals surface area contributed by atoms with E-state index in [0.717, 1.165) is 25.2 Å². The minimum Gasteiger partial charge on any atom is -0.369 e. The summed E-state index contributed by atoms with van der Waals surface area (Å²) in [5.41, 5.74) is 3.30. The number of halogens is 1. The van der Waals surface area contributed by atoms with E-state index in [1.807, 2.05) is 30.3 Å². The van der Waals surface area contributed by atoms with Crippen LogP contribution in [-0.4, -0.2) is 44.6 Å². The van der Waals surface area contributed by atoms with E-state index in [4.69, 9.17) is 0 Å². The lowest BCUT2D eigenvalue weighted by Crippen LogP contribution is -2.46. The van der Waals surface area contributed by atoms with Crippen LogP contribution in [0.15, 0.2) is 59.6 Å². The normalized spacial score (nSPS) is 16.3. The topological polar surface area (TPSA) is 68.8 Å². The van der Waals surface area contributed by atoms with Crippen LogP contribution in [0.3, 0.4) is 0 Å². The Morgan fingerprint density at radius 1 is 1.14 bits per heavy atom. The number of para-hydroxylation sites is 1. The number of guanidine groups is 1. The van der Waals surface area contributed by atoms with E-state index in [0.29, 0.717) is 12.0 Å². The second-order valence-corrected chi connectivity index (χ2v) is 6.75. The second-order valence-electron chi connectivity index (χ2n) is 6.75. The van der Waals surface area contributed by atoms with Crippen molar-refractivity contribution in [2.45, 2.75) is 19.4 Å². The van der Waals surface area contributed by atoms with E-state index in [1.165, 1.54) is 11.3 Å². The van der Waals surface area contributed by atoms with Crippen molar-refractivity contribution in [3.63, 3.8) is 0 Å². The molecule has 2 aromatic rings. The first kappa shape index (κ1) is 22.0. The van der Waals surface area contributed by atoms with E-state index in [-0.39, 0.29) is 36.4 Å². The van der Waals surface area contributed by atoms with Crippen LogP contribution in [0.2, 0.25) is 0 Å². The number of rotatable bonds is 5. The van der Waals surface area contributed by atoms with Crippen LogP contribution < -0.4 is 20.9 Å². The lowest BCUT2D eigenvalue weighted by Gasteiger charge is -2.20. The Hall–Kier alpha value is -2.29. The molecule has 1 amide bonds. The minimum atomic E-state index is -0.100. The number of aryl methyl sites for hydroxylation is 1. The number of hydrogen-bond donors (Lipinski definition) is 3. The first-order valence-corrected chi connectivity index (χ1v) is 9.28. The first-order valence-electron chi connectivity index (χ1n) is 9.28. The van der Waals surface area contributed by atoms with Crippen molar-refractivity contribution in [3.8, 4) is 0 Å².